The van der Waals surface area contributed by atoms with E-state index in [1.165, 1.54) is 18.6 Å². The number of fused-ring (bicyclic) bond motifs is 2. The number of nitrogens with one attached hydrogen (secondary N) is 1. The first-order chi connectivity index (χ1) is 10.7. The SMILES string of the molecule is CCOc1cc(C2NN=C3C4CCN(CC4)C32)cc(Br)c1O. The molecule has 1 aromatic carbocycles. The fraction of sp³-hybridized carbons (Fsp3) is 0.562. The van der Waals surface area contributed by atoms with E-state index in [2.05, 4.69) is 31.4 Å². The van der Waals surface area contributed by atoms with E-state index in [9.17, 15) is 5.11 Å². The van der Waals surface area contributed by atoms with Crippen molar-refractivity contribution in [3.8, 4) is 11.5 Å². The van der Waals surface area contributed by atoms with Gasteiger partial charge in [0.05, 0.1) is 28.9 Å². The summed E-state index contributed by atoms with van der Waals surface area (Å²) < 4.78 is 6.22. The molecule has 0 aromatic heterocycles. The number of hydrogen-bond donors (Lipinski definition) is 2. The van der Waals surface area contributed by atoms with Crippen LogP contribution >= 0.6 is 15.9 Å². The Bertz CT molecular complexity index is 626. The summed E-state index contributed by atoms with van der Waals surface area (Å²) in [7, 11) is 0. The normalized spacial score (nSPS) is 32.4. The van der Waals surface area contributed by atoms with Crippen LogP contribution in [0.2, 0.25) is 0 Å². The molecule has 4 aliphatic rings. The minimum Gasteiger partial charge on any atom is -0.503 e. The van der Waals surface area contributed by atoms with Gasteiger partial charge in [0, 0.05) is 5.92 Å². The largest absolute Gasteiger partial charge is 0.503 e. The minimum absolute atomic E-state index is 0.134. The summed E-state index contributed by atoms with van der Waals surface area (Å²) in [6.07, 6.45) is 2.46. The second-order valence-corrected chi connectivity index (χ2v) is 7.04. The van der Waals surface area contributed by atoms with Crippen LogP contribution in [0.3, 0.4) is 0 Å². The van der Waals surface area contributed by atoms with Crippen LogP contribution in [0, 0.1) is 5.92 Å². The fourth-order valence-electron chi connectivity index (χ4n) is 3.95. The number of ether oxygens (including phenoxy) is 1. The minimum atomic E-state index is 0.134. The van der Waals surface area contributed by atoms with Gasteiger partial charge in [-0.25, -0.2) is 0 Å². The molecule has 0 radical (unpaired) electrons. The number of phenols is 1. The van der Waals surface area contributed by atoms with Crippen molar-refractivity contribution in [1.29, 1.82) is 0 Å². The van der Waals surface area contributed by atoms with Crippen molar-refractivity contribution in [3.05, 3.63) is 22.2 Å². The number of rotatable bonds is 3. The molecule has 0 amide bonds. The van der Waals surface area contributed by atoms with Crippen LogP contribution in [0.15, 0.2) is 21.7 Å². The zero-order chi connectivity index (χ0) is 15.3. The number of halogens is 1. The Kier molecular flexibility index (Phi) is 3.53. The van der Waals surface area contributed by atoms with Gasteiger partial charge in [0.25, 0.3) is 0 Å². The third-order valence-electron chi connectivity index (χ3n) is 5.00. The van der Waals surface area contributed by atoms with Crippen LogP contribution in [0.1, 0.15) is 31.4 Å². The average molecular weight is 366 g/mol. The fourth-order valence-corrected chi connectivity index (χ4v) is 4.41. The van der Waals surface area contributed by atoms with Gasteiger partial charge in [-0.2, -0.15) is 5.10 Å². The van der Waals surface area contributed by atoms with Crippen molar-refractivity contribution >= 4 is 21.6 Å². The Morgan fingerprint density at radius 2 is 2.18 bits per heavy atom. The van der Waals surface area contributed by atoms with E-state index in [-0.39, 0.29) is 11.8 Å². The van der Waals surface area contributed by atoms with Crippen LogP contribution in [0.25, 0.3) is 0 Å². The van der Waals surface area contributed by atoms with E-state index >= 15 is 0 Å². The summed E-state index contributed by atoms with van der Waals surface area (Å²) >= 11 is 3.43. The zero-order valence-corrected chi connectivity index (χ0v) is 14.1. The van der Waals surface area contributed by atoms with Crippen LogP contribution in [-0.4, -0.2) is 41.5 Å². The Morgan fingerprint density at radius 3 is 2.91 bits per heavy atom. The maximum absolute atomic E-state index is 10.1. The van der Waals surface area contributed by atoms with Gasteiger partial charge < -0.3 is 15.3 Å². The van der Waals surface area contributed by atoms with Gasteiger partial charge in [0.2, 0.25) is 0 Å². The third-order valence-corrected chi connectivity index (χ3v) is 5.61. The maximum atomic E-state index is 10.1. The molecule has 5 nitrogen and oxygen atoms in total. The van der Waals surface area contributed by atoms with Crippen molar-refractivity contribution in [1.82, 2.24) is 10.3 Å². The number of hydrogen-bond acceptors (Lipinski definition) is 5. The average Bonchev–Trinajstić information content (AvgIpc) is 3.00. The summed E-state index contributed by atoms with van der Waals surface area (Å²) in [6.45, 7) is 4.76. The second-order valence-electron chi connectivity index (χ2n) is 6.18. The molecule has 2 N–H and O–H groups in total. The lowest BCUT2D eigenvalue weighted by atomic mass is 9.78. The van der Waals surface area contributed by atoms with Crippen LogP contribution in [0.4, 0.5) is 0 Å². The lowest BCUT2D eigenvalue weighted by molar-refractivity contribution is 0.133. The number of benzene rings is 1. The smallest absolute Gasteiger partial charge is 0.172 e. The molecular weight excluding hydrogens is 346 g/mol. The van der Waals surface area contributed by atoms with Crippen LogP contribution in [0.5, 0.6) is 11.5 Å². The predicted molar refractivity (Wildman–Crippen MR) is 88.4 cm³/mol. The van der Waals surface area contributed by atoms with E-state index in [0.717, 1.165) is 18.7 Å². The monoisotopic (exact) mass is 365 g/mol. The first-order valence-corrected chi connectivity index (χ1v) is 8.70. The summed E-state index contributed by atoms with van der Waals surface area (Å²) in [5, 5.41) is 14.7. The van der Waals surface area contributed by atoms with Crippen molar-refractivity contribution < 1.29 is 9.84 Å². The quantitative estimate of drug-likeness (QED) is 0.864. The second kappa shape index (κ2) is 5.42. The number of hydrazone groups is 1. The Labute approximate surface area is 138 Å². The molecule has 3 fully saturated rings. The van der Waals surface area contributed by atoms with Crippen molar-refractivity contribution in [2.24, 2.45) is 11.0 Å². The molecule has 2 atom stereocenters. The molecule has 2 bridgehead atoms. The number of piperidine rings is 3. The Balaban J connectivity index is 1.68. The predicted octanol–water partition coefficient (Wildman–Crippen LogP) is 2.65. The molecule has 3 saturated heterocycles. The first-order valence-electron chi connectivity index (χ1n) is 7.91. The van der Waals surface area contributed by atoms with Gasteiger partial charge in [0.15, 0.2) is 11.5 Å². The van der Waals surface area contributed by atoms with Crippen molar-refractivity contribution in [2.75, 3.05) is 19.7 Å². The molecule has 1 aromatic rings. The topological polar surface area (TPSA) is 57.1 Å². The highest BCUT2D eigenvalue weighted by atomic mass is 79.9. The van der Waals surface area contributed by atoms with Gasteiger partial charge in [-0.05, 0) is 66.5 Å². The highest BCUT2D eigenvalue weighted by Gasteiger charge is 2.46. The maximum Gasteiger partial charge on any atom is 0.172 e. The van der Waals surface area contributed by atoms with Gasteiger partial charge in [-0.15, -0.1) is 0 Å². The highest BCUT2D eigenvalue weighted by molar-refractivity contribution is 9.10. The van der Waals surface area contributed by atoms with E-state index < -0.39 is 0 Å². The number of nitrogens with zero attached hydrogens (tertiary/aromatic N) is 2. The van der Waals surface area contributed by atoms with E-state index in [1.54, 1.807) is 0 Å². The van der Waals surface area contributed by atoms with Crippen molar-refractivity contribution in [3.63, 3.8) is 0 Å². The van der Waals surface area contributed by atoms with Gasteiger partial charge in [-0.3, -0.25) is 4.90 Å². The molecule has 0 spiro atoms. The lowest BCUT2D eigenvalue weighted by Crippen LogP contribution is -2.56. The molecular formula is C16H20BrN3O2. The standard InChI is InChI=1S/C16H20BrN3O2/c1-2-22-12-8-10(7-11(17)16(12)21)14-15-13(18-19-14)9-3-5-20(15)6-4-9/h7-9,14-15,19,21H,2-6H2,1H3. The summed E-state index contributed by atoms with van der Waals surface area (Å²) in [6, 6.07) is 4.38. The first kappa shape index (κ1) is 14.3. The molecule has 6 heteroatoms. The molecule has 2 unspecified atom stereocenters. The van der Waals surface area contributed by atoms with E-state index in [4.69, 9.17) is 4.74 Å². The Hall–Kier alpha value is -1.27. The van der Waals surface area contributed by atoms with E-state index in [0.29, 0.717) is 28.8 Å². The summed E-state index contributed by atoms with van der Waals surface area (Å²) in [4.78, 5) is 2.53. The zero-order valence-electron chi connectivity index (χ0n) is 12.6. The molecule has 4 aliphatic heterocycles. The summed E-state index contributed by atoms with van der Waals surface area (Å²) in [5.74, 6) is 1.33. The number of phenolic OH excluding ortho intramolecular Hbond substituents is 1. The van der Waals surface area contributed by atoms with Crippen LogP contribution in [-0.2, 0) is 0 Å². The number of aromatic hydroxyl groups is 1. The molecule has 118 valence electrons. The van der Waals surface area contributed by atoms with Gasteiger partial charge >= 0.3 is 0 Å². The third kappa shape index (κ3) is 2.12. The Morgan fingerprint density at radius 1 is 1.41 bits per heavy atom. The van der Waals surface area contributed by atoms with E-state index in [1.807, 2.05) is 19.1 Å². The molecule has 5 rings (SSSR count). The molecule has 0 aliphatic carbocycles. The highest BCUT2D eigenvalue weighted by Crippen LogP contribution is 2.42. The molecule has 4 heterocycles. The van der Waals surface area contributed by atoms with Gasteiger partial charge in [0.1, 0.15) is 0 Å². The van der Waals surface area contributed by atoms with Crippen LogP contribution < -0.4 is 10.2 Å². The summed E-state index contributed by atoms with van der Waals surface area (Å²) in [5.41, 5.74) is 5.73. The molecule has 22 heavy (non-hydrogen) atoms. The lowest BCUT2D eigenvalue weighted by Gasteiger charge is -2.45. The molecule has 0 saturated carbocycles. The van der Waals surface area contributed by atoms with Crippen molar-refractivity contribution in [2.45, 2.75) is 31.8 Å². The van der Waals surface area contributed by atoms with Gasteiger partial charge in [-0.1, -0.05) is 0 Å².